The van der Waals surface area contributed by atoms with E-state index in [2.05, 4.69) is 4.98 Å². The zero-order chi connectivity index (χ0) is 8.81. The monoisotopic (exact) mass is 184 g/mol. The summed E-state index contributed by atoms with van der Waals surface area (Å²) in [5, 5.41) is 8.53. The van der Waals surface area contributed by atoms with Gasteiger partial charge in [0.25, 0.3) is 0 Å². The van der Waals surface area contributed by atoms with Gasteiger partial charge in [0.05, 0.1) is 6.61 Å². The highest BCUT2D eigenvalue weighted by Gasteiger charge is 1.93. The van der Waals surface area contributed by atoms with E-state index in [0.29, 0.717) is 5.82 Å². The maximum atomic E-state index is 8.53. The van der Waals surface area contributed by atoms with Crippen molar-refractivity contribution < 1.29 is 5.11 Å². The predicted molar refractivity (Wildman–Crippen MR) is 51.9 cm³/mol. The maximum Gasteiger partial charge on any atom is 0.123 e. The molecule has 0 spiro atoms. The maximum absolute atomic E-state index is 8.53. The van der Waals surface area contributed by atoms with Gasteiger partial charge >= 0.3 is 0 Å². The minimum absolute atomic E-state index is 0.229. The summed E-state index contributed by atoms with van der Waals surface area (Å²) in [5.41, 5.74) is 6.56. The number of nitrogens with zero attached hydrogens (tertiary/aromatic N) is 1. The smallest absolute Gasteiger partial charge is 0.123 e. The molecule has 0 radical (unpaired) electrons. The van der Waals surface area contributed by atoms with E-state index in [4.69, 9.17) is 10.8 Å². The van der Waals surface area contributed by atoms with Crippen molar-refractivity contribution in [3.8, 4) is 0 Å². The molecule has 0 aliphatic carbocycles. The van der Waals surface area contributed by atoms with Crippen molar-refractivity contribution in [3.05, 3.63) is 23.9 Å². The quantitative estimate of drug-likeness (QED) is 0.682. The Morgan fingerprint density at radius 3 is 2.92 bits per heavy atom. The number of aliphatic hydroxyl groups is 1. The summed E-state index contributed by atoms with van der Waals surface area (Å²) in [6.45, 7) is 0.229. The minimum Gasteiger partial charge on any atom is -0.396 e. The number of anilines is 1. The molecule has 3 nitrogen and oxygen atoms in total. The van der Waals surface area contributed by atoms with Crippen LogP contribution in [0.3, 0.4) is 0 Å². The third-order valence-corrected chi connectivity index (χ3v) is 2.36. The van der Waals surface area contributed by atoms with Crippen molar-refractivity contribution in [2.45, 2.75) is 5.75 Å². The molecular formula is C8H12N2OS. The summed E-state index contributed by atoms with van der Waals surface area (Å²) in [4.78, 5) is 3.96. The Bertz CT molecular complexity index is 225. The van der Waals surface area contributed by atoms with Crippen molar-refractivity contribution in [1.82, 2.24) is 4.98 Å². The average Bonchev–Trinajstić information content (AvgIpc) is 2.09. The SMILES string of the molecule is Nc1ccc(CSCCO)cn1. The summed E-state index contributed by atoms with van der Waals surface area (Å²) in [6, 6.07) is 3.74. The lowest BCUT2D eigenvalue weighted by Gasteiger charge is -1.99. The standard InChI is InChI=1S/C8H12N2OS/c9-8-2-1-7(5-10-8)6-12-4-3-11/h1-2,5,11H,3-4,6H2,(H2,9,10). The number of thioether (sulfide) groups is 1. The van der Waals surface area contributed by atoms with Crippen LogP contribution >= 0.6 is 11.8 Å². The Kier molecular flexibility index (Phi) is 3.90. The van der Waals surface area contributed by atoms with E-state index in [9.17, 15) is 0 Å². The van der Waals surface area contributed by atoms with Gasteiger partial charge in [-0.25, -0.2) is 4.98 Å². The number of hydrogen-bond donors (Lipinski definition) is 2. The third kappa shape index (κ3) is 3.11. The average molecular weight is 184 g/mol. The number of nitrogen functional groups attached to an aromatic ring is 1. The largest absolute Gasteiger partial charge is 0.396 e. The van der Waals surface area contributed by atoms with Crippen LogP contribution in [0.2, 0.25) is 0 Å². The zero-order valence-corrected chi connectivity index (χ0v) is 7.55. The Morgan fingerprint density at radius 1 is 1.50 bits per heavy atom. The number of aromatic nitrogens is 1. The van der Waals surface area contributed by atoms with Gasteiger partial charge in [-0.3, -0.25) is 0 Å². The fraction of sp³-hybridized carbons (Fsp3) is 0.375. The van der Waals surface area contributed by atoms with Crippen LogP contribution in [0.4, 0.5) is 5.82 Å². The van der Waals surface area contributed by atoms with E-state index >= 15 is 0 Å². The van der Waals surface area contributed by atoms with Gasteiger partial charge in [-0.2, -0.15) is 11.8 Å². The molecule has 0 aliphatic heterocycles. The molecule has 0 saturated heterocycles. The molecule has 1 heterocycles. The number of aliphatic hydroxyl groups excluding tert-OH is 1. The summed E-state index contributed by atoms with van der Waals surface area (Å²) in [6.07, 6.45) is 1.76. The molecule has 0 bridgehead atoms. The first-order valence-corrected chi connectivity index (χ1v) is 4.87. The molecular weight excluding hydrogens is 172 g/mol. The van der Waals surface area contributed by atoms with Crippen molar-refractivity contribution in [2.24, 2.45) is 0 Å². The molecule has 4 heteroatoms. The van der Waals surface area contributed by atoms with Crippen LogP contribution < -0.4 is 5.73 Å². The van der Waals surface area contributed by atoms with Gasteiger partial charge in [0.15, 0.2) is 0 Å². The van der Waals surface area contributed by atoms with Gasteiger partial charge in [-0.15, -0.1) is 0 Å². The minimum atomic E-state index is 0.229. The first-order valence-electron chi connectivity index (χ1n) is 3.72. The fourth-order valence-corrected chi connectivity index (χ4v) is 1.46. The second kappa shape index (κ2) is 5.00. The highest BCUT2D eigenvalue weighted by molar-refractivity contribution is 7.98. The second-order valence-corrected chi connectivity index (χ2v) is 3.47. The van der Waals surface area contributed by atoms with Crippen molar-refractivity contribution in [3.63, 3.8) is 0 Å². The topological polar surface area (TPSA) is 59.1 Å². The Morgan fingerprint density at radius 2 is 2.33 bits per heavy atom. The number of hydrogen-bond acceptors (Lipinski definition) is 4. The molecule has 0 amide bonds. The molecule has 0 atom stereocenters. The van der Waals surface area contributed by atoms with Gasteiger partial charge in [0, 0.05) is 17.7 Å². The van der Waals surface area contributed by atoms with E-state index in [1.54, 1.807) is 24.0 Å². The van der Waals surface area contributed by atoms with Crippen LogP contribution in [0.25, 0.3) is 0 Å². The summed E-state index contributed by atoms with van der Waals surface area (Å²) < 4.78 is 0. The fourth-order valence-electron chi connectivity index (χ4n) is 0.776. The Labute approximate surface area is 76.0 Å². The van der Waals surface area contributed by atoms with E-state index < -0.39 is 0 Å². The number of pyridine rings is 1. The lowest BCUT2D eigenvalue weighted by atomic mass is 10.3. The number of nitrogens with two attached hydrogens (primary N) is 1. The van der Waals surface area contributed by atoms with Crippen LogP contribution in [0.5, 0.6) is 0 Å². The van der Waals surface area contributed by atoms with Crippen molar-refractivity contribution >= 4 is 17.6 Å². The van der Waals surface area contributed by atoms with Gasteiger partial charge in [0.2, 0.25) is 0 Å². The third-order valence-electron chi connectivity index (χ3n) is 1.35. The Balaban J connectivity index is 2.37. The second-order valence-electron chi connectivity index (χ2n) is 2.37. The molecule has 12 heavy (non-hydrogen) atoms. The Hall–Kier alpha value is -0.740. The molecule has 0 saturated carbocycles. The van der Waals surface area contributed by atoms with Crippen LogP contribution in [-0.2, 0) is 5.75 Å². The number of rotatable bonds is 4. The van der Waals surface area contributed by atoms with E-state index in [1.165, 1.54) is 0 Å². The van der Waals surface area contributed by atoms with Crippen molar-refractivity contribution in [1.29, 1.82) is 0 Å². The first-order chi connectivity index (χ1) is 5.83. The zero-order valence-electron chi connectivity index (χ0n) is 6.73. The highest BCUT2D eigenvalue weighted by Crippen LogP contribution is 2.11. The van der Waals surface area contributed by atoms with E-state index in [-0.39, 0.29) is 6.61 Å². The summed E-state index contributed by atoms with van der Waals surface area (Å²) in [5.74, 6) is 2.20. The molecule has 1 rings (SSSR count). The molecule has 66 valence electrons. The molecule has 1 aromatic rings. The van der Waals surface area contributed by atoms with E-state index in [1.807, 2.05) is 6.07 Å². The van der Waals surface area contributed by atoms with Gasteiger partial charge < -0.3 is 10.8 Å². The lowest BCUT2D eigenvalue weighted by Crippen LogP contribution is -1.92. The van der Waals surface area contributed by atoms with Crippen molar-refractivity contribution in [2.75, 3.05) is 18.1 Å². The van der Waals surface area contributed by atoms with Gasteiger partial charge in [-0.1, -0.05) is 6.07 Å². The van der Waals surface area contributed by atoms with Crippen LogP contribution in [0.1, 0.15) is 5.56 Å². The van der Waals surface area contributed by atoms with Crippen LogP contribution in [0.15, 0.2) is 18.3 Å². The van der Waals surface area contributed by atoms with Gasteiger partial charge in [-0.05, 0) is 11.6 Å². The van der Waals surface area contributed by atoms with Crippen LogP contribution in [-0.4, -0.2) is 22.5 Å². The summed E-state index contributed by atoms with van der Waals surface area (Å²) in [7, 11) is 0. The molecule has 0 aliphatic rings. The summed E-state index contributed by atoms with van der Waals surface area (Å²) >= 11 is 1.68. The molecule has 1 aromatic heterocycles. The first kappa shape index (κ1) is 9.35. The van der Waals surface area contributed by atoms with E-state index in [0.717, 1.165) is 17.1 Å². The normalized spacial score (nSPS) is 10.1. The lowest BCUT2D eigenvalue weighted by molar-refractivity contribution is 0.322. The molecule has 3 N–H and O–H groups in total. The molecule has 0 aromatic carbocycles. The predicted octanol–water partition coefficient (Wildman–Crippen LogP) is 0.889. The highest BCUT2D eigenvalue weighted by atomic mass is 32.2. The molecule has 0 fully saturated rings. The van der Waals surface area contributed by atoms with Gasteiger partial charge in [0.1, 0.15) is 5.82 Å². The molecule has 0 unspecified atom stereocenters. The van der Waals surface area contributed by atoms with Crippen LogP contribution in [0, 0.1) is 0 Å².